The zero-order valence-corrected chi connectivity index (χ0v) is 12.4. The van der Waals surface area contributed by atoms with E-state index in [2.05, 4.69) is 25.3 Å². The van der Waals surface area contributed by atoms with Gasteiger partial charge in [-0.15, -0.1) is 11.3 Å². The Balaban J connectivity index is 2.66. The van der Waals surface area contributed by atoms with E-state index in [1.807, 2.05) is 24.3 Å². The predicted molar refractivity (Wildman–Crippen MR) is 78.7 cm³/mol. The minimum absolute atomic E-state index is 0.373. The molecule has 0 aliphatic heterocycles. The molecular weight excluding hydrogens is 270 g/mol. The zero-order valence-electron chi connectivity index (χ0n) is 10.0. The van der Waals surface area contributed by atoms with Crippen LogP contribution in [-0.2, 0) is 0 Å². The standard InChI is InChI=1S/C13H14ClNS2/c1-8(2)15-12(9(3)17-13(15)16)10-4-6-11(14)7-5-10/h4-8H,1-3H3. The van der Waals surface area contributed by atoms with Crippen molar-refractivity contribution in [1.29, 1.82) is 0 Å². The van der Waals surface area contributed by atoms with Crippen LogP contribution in [0.1, 0.15) is 24.8 Å². The van der Waals surface area contributed by atoms with Crippen molar-refractivity contribution < 1.29 is 0 Å². The van der Waals surface area contributed by atoms with Crippen LogP contribution in [-0.4, -0.2) is 4.57 Å². The van der Waals surface area contributed by atoms with Gasteiger partial charge in [0.1, 0.15) is 0 Å². The summed E-state index contributed by atoms with van der Waals surface area (Å²) in [5.74, 6) is 0. The third-order valence-electron chi connectivity index (χ3n) is 2.65. The van der Waals surface area contributed by atoms with E-state index < -0.39 is 0 Å². The number of aryl methyl sites for hydroxylation is 1. The average Bonchev–Trinajstić information content (AvgIpc) is 2.55. The maximum absolute atomic E-state index is 5.92. The molecule has 0 bridgehead atoms. The molecule has 1 aromatic heterocycles. The lowest BCUT2D eigenvalue weighted by Crippen LogP contribution is -2.02. The van der Waals surface area contributed by atoms with E-state index in [0.29, 0.717) is 6.04 Å². The van der Waals surface area contributed by atoms with Crippen molar-refractivity contribution in [3.8, 4) is 11.3 Å². The van der Waals surface area contributed by atoms with Crippen molar-refractivity contribution in [3.63, 3.8) is 0 Å². The van der Waals surface area contributed by atoms with Crippen LogP contribution in [0.4, 0.5) is 0 Å². The Morgan fingerprint density at radius 3 is 2.35 bits per heavy atom. The third-order valence-corrected chi connectivity index (χ3v) is 4.22. The summed E-state index contributed by atoms with van der Waals surface area (Å²) in [7, 11) is 0. The molecule has 0 aliphatic carbocycles. The molecular formula is C13H14ClNS2. The normalized spacial score (nSPS) is 11.1. The predicted octanol–water partition coefficient (Wildman–Crippen LogP) is 5.49. The van der Waals surface area contributed by atoms with Crippen LogP contribution < -0.4 is 0 Å². The Morgan fingerprint density at radius 2 is 1.82 bits per heavy atom. The van der Waals surface area contributed by atoms with Gasteiger partial charge < -0.3 is 4.57 Å². The van der Waals surface area contributed by atoms with Crippen molar-refractivity contribution >= 4 is 35.2 Å². The van der Waals surface area contributed by atoms with Gasteiger partial charge >= 0.3 is 0 Å². The Kier molecular flexibility index (Phi) is 3.71. The lowest BCUT2D eigenvalue weighted by molar-refractivity contribution is 0.605. The first kappa shape index (κ1) is 12.8. The van der Waals surface area contributed by atoms with Gasteiger partial charge in [0.2, 0.25) is 0 Å². The molecule has 0 fully saturated rings. The van der Waals surface area contributed by atoms with E-state index in [1.54, 1.807) is 11.3 Å². The number of aromatic nitrogens is 1. The molecule has 0 N–H and O–H groups in total. The van der Waals surface area contributed by atoms with E-state index in [4.69, 9.17) is 23.8 Å². The molecule has 0 spiro atoms. The summed E-state index contributed by atoms with van der Waals surface area (Å²) in [6.07, 6.45) is 0. The van der Waals surface area contributed by atoms with Gasteiger partial charge in [-0.25, -0.2) is 0 Å². The highest BCUT2D eigenvalue weighted by Crippen LogP contribution is 2.32. The summed E-state index contributed by atoms with van der Waals surface area (Å²) >= 11 is 13.0. The van der Waals surface area contributed by atoms with Crippen molar-refractivity contribution in [3.05, 3.63) is 38.1 Å². The van der Waals surface area contributed by atoms with Crippen LogP contribution in [0.2, 0.25) is 5.02 Å². The number of rotatable bonds is 2. The zero-order chi connectivity index (χ0) is 12.6. The summed E-state index contributed by atoms with van der Waals surface area (Å²) in [4.78, 5) is 1.26. The SMILES string of the molecule is Cc1sc(=S)n(C(C)C)c1-c1ccc(Cl)cc1. The van der Waals surface area contributed by atoms with Crippen LogP contribution in [0.5, 0.6) is 0 Å². The number of benzene rings is 1. The molecule has 0 amide bonds. The number of hydrogen-bond acceptors (Lipinski definition) is 2. The summed E-state index contributed by atoms with van der Waals surface area (Å²) in [6.45, 7) is 6.42. The lowest BCUT2D eigenvalue weighted by atomic mass is 10.1. The molecule has 0 saturated carbocycles. The Bertz CT molecular complexity index is 578. The first-order chi connectivity index (χ1) is 8.00. The number of halogens is 1. The topological polar surface area (TPSA) is 4.93 Å². The Labute approximate surface area is 116 Å². The van der Waals surface area contributed by atoms with E-state index in [0.717, 1.165) is 8.98 Å². The monoisotopic (exact) mass is 283 g/mol. The molecule has 0 aliphatic rings. The quantitative estimate of drug-likeness (QED) is 0.660. The maximum Gasteiger partial charge on any atom is 0.162 e. The largest absolute Gasteiger partial charge is 0.320 e. The van der Waals surface area contributed by atoms with Crippen molar-refractivity contribution in [2.75, 3.05) is 0 Å². The average molecular weight is 284 g/mol. The Morgan fingerprint density at radius 1 is 1.24 bits per heavy atom. The van der Waals surface area contributed by atoms with Crippen LogP contribution in [0.25, 0.3) is 11.3 Å². The van der Waals surface area contributed by atoms with Crippen molar-refractivity contribution in [2.24, 2.45) is 0 Å². The molecule has 0 radical (unpaired) electrons. The second-order valence-electron chi connectivity index (χ2n) is 4.24. The second kappa shape index (κ2) is 4.92. The molecule has 1 nitrogen and oxygen atoms in total. The Hall–Kier alpha value is -0.640. The number of thiazole rings is 1. The smallest absolute Gasteiger partial charge is 0.162 e. The van der Waals surface area contributed by atoms with E-state index in [9.17, 15) is 0 Å². The lowest BCUT2D eigenvalue weighted by Gasteiger charge is -2.13. The summed E-state index contributed by atoms with van der Waals surface area (Å²) in [5.41, 5.74) is 2.39. The molecule has 2 aromatic rings. The summed E-state index contributed by atoms with van der Waals surface area (Å²) in [6, 6.07) is 8.30. The highest BCUT2D eigenvalue weighted by atomic mass is 35.5. The molecule has 2 rings (SSSR count). The minimum Gasteiger partial charge on any atom is -0.320 e. The van der Waals surface area contributed by atoms with Gasteiger partial charge in [-0.2, -0.15) is 0 Å². The highest BCUT2D eigenvalue weighted by Gasteiger charge is 2.13. The third kappa shape index (κ3) is 2.46. The fourth-order valence-corrected chi connectivity index (χ4v) is 3.69. The molecule has 0 atom stereocenters. The van der Waals surface area contributed by atoms with Crippen LogP contribution >= 0.6 is 35.2 Å². The molecule has 4 heteroatoms. The second-order valence-corrected chi connectivity index (χ2v) is 6.53. The van der Waals surface area contributed by atoms with E-state index in [-0.39, 0.29) is 0 Å². The number of hydrogen-bond donors (Lipinski definition) is 0. The van der Waals surface area contributed by atoms with Gasteiger partial charge in [-0.05, 0) is 50.7 Å². The molecule has 1 heterocycles. The maximum atomic E-state index is 5.92. The van der Waals surface area contributed by atoms with Gasteiger partial charge in [-0.1, -0.05) is 23.7 Å². The molecule has 0 saturated heterocycles. The fourth-order valence-electron chi connectivity index (χ4n) is 1.91. The summed E-state index contributed by atoms with van der Waals surface area (Å²) in [5, 5.41) is 0.760. The van der Waals surface area contributed by atoms with Crippen molar-refractivity contribution in [1.82, 2.24) is 4.57 Å². The first-order valence-corrected chi connectivity index (χ1v) is 7.09. The van der Waals surface area contributed by atoms with E-state index in [1.165, 1.54) is 16.1 Å². The van der Waals surface area contributed by atoms with Crippen LogP contribution in [0, 0.1) is 10.9 Å². The summed E-state index contributed by atoms with van der Waals surface area (Å²) < 4.78 is 3.14. The molecule has 17 heavy (non-hydrogen) atoms. The highest BCUT2D eigenvalue weighted by molar-refractivity contribution is 7.73. The number of nitrogens with zero attached hydrogens (tertiary/aromatic N) is 1. The minimum atomic E-state index is 0.373. The van der Waals surface area contributed by atoms with Gasteiger partial charge in [-0.3, -0.25) is 0 Å². The van der Waals surface area contributed by atoms with Gasteiger partial charge in [0, 0.05) is 15.9 Å². The van der Waals surface area contributed by atoms with Gasteiger partial charge in [0.25, 0.3) is 0 Å². The fraction of sp³-hybridized carbons (Fsp3) is 0.308. The van der Waals surface area contributed by atoms with Crippen LogP contribution in [0.3, 0.4) is 0 Å². The molecule has 90 valence electrons. The molecule has 1 aromatic carbocycles. The van der Waals surface area contributed by atoms with Crippen LogP contribution in [0.15, 0.2) is 24.3 Å². The first-order valence-electron chi connectivity index (χ1n) is 5.48. The van der Waals surface area contributed by atoms with Crippen molar-refractivity contribution in [2.45, 2.75) is 26.8 Å². The van der Waals surface area contributed by atoms with Gasteiger partial charge in [0.15, 0.2) is 3.95 Å². The van der Waals surface area contributed by atoms with E-state index >= 15 is 0 Å². The van der Waals surface area contributed by atoms with Gasteiger partial charge in [0.05, 0.1) is 5.69 Å². The molecule has 0 unspecified atom stereocenters.